The van der Waals surface area contributed by atoms with Gasteiger partial charge >= 0.3 is 0 Å². The summed E-state index contributed by atoms with van der Waals surface area (Å²) < 4.78 is 48.0. The van der Waals surface area contributed by atoms with Crippen molar-refractivity contribution >= 4 is 39.1 Å². The van der Waals surface area contributed by atoms with Crippen LogP contribution in [0.1, 0.15) is 46.6 Å². The van der Waals surface area contributed by atoms with E-state index in [1.807, 2.05) is 27.7 Å². The van der Waals surface area contributed by atoms with Crippen molar-refractivity contribution in [3.05, 3.63) is 89.2 Å². The summed E-state index contributed by atoms with van der Waals surface area (Å²) in [5.74, 6) is -1.04. The van der Waals surface area contributed by atoms with E-state index in [1.54, 1.807) is 31.2 Å². The lowest BCUT2D eigenvalue weighted by atomic mass is 10.1. The third-order valence-corrected chi connectivity index (χ3v) is 8.31. The summed E-state index contributed by atoms with van der Waals surface area (Å²) in [7, 11) is -4.30. The highest BCUT2D eigenvalue weighted by molar-refractivity contribution is 7.92. The van der Waals surface area contributed by atoms with E-state index in [2.05, 4.69) is 5.32 Å². The van der Waals surface area contributed by atoms with Gasteiger partial charge in [-0.3, -0.25) is 13.9 Å². The fourth-order valence-electron chi connectivity index (χ4n) is 4.30. The molecule has 1 atom stereocenters. The minimum absolute atomic E-state index is 0.0342. The molecule has 1 N–H and O–H groups in total. The van der Waals surface area contributed by atoms with Gasteiger partial charge in [-0.1, -0.05) is 30.7 Å². The van der Waals surface area contributed by atoms with E-state index < -0.39 is 39.9 Å². The molecule has 0 aliphatic carbocycles. The predicted octanol–water partition coefficient (Wildman–Crippen LogP) is 5.80. The van der Waals surface area contributed by atoms with Crippen LogP contribution in [-0.4, -0.2) is 49.9 Å². The van der Waals surface area contributed by atoms with E-state index in [4.69, 9.17) is 16.3 Å². The molecule has 0 bridgehead atoms. The van der Waals surface area contributed by atoms with E-state index in [1.165, 1.54) is 41.3 Å². The van der Waals surface area contributed by atoms with Crippen LogP contribution in [0.5, 0.6) is 5.75 Å². The SMILES string of the molecule is CCOc1ccc(S(=O)(=O)N(CC(=O)N(Cc2ccc(Cl)cc2)[C@H](CC)C(=O)NC(C)(C)C)c2ccc(F)cc2)cc1. The highest BCUT2D eigenvalue weighted by Crippen LogP contribution is 2.27. The Bertz CT molecular complexity index is 1460. The summed E-state index contributed by atoms with van der Waals surface area (Å²) in [5, 5.41) is 3.44. The fourth-order valence-corrected chi connectivity index (χ4v) is 5.84. The Morgan fingerprint density at radius 1 is 0.952 bits per heavy atom. The lowest BCUT2D eigenvalue weighted by molar-refractivity contribution is -0.141. The Labute approximate surface area is 252 Å². The first-order chi connectivity index (χ1) is 19.7. The molecule has 8 nitrogen and oxygen atoms in total. The van der Waals surface area contributed by atoms with Crippen molar-refractivity contribution in [1.29, 1.82) is 0 Å². The van der Waals surface area contributed by atoms with Crippen LogP contribution in [0.3, 0.4) is 0 Å². The van der Waals surface area contributed by atoms with Crippen LogP contribution in [0.4, 0.5) is 10.1 Å². The van der Waals surface area contributed by atoms with Crippen molar-refractivity contribution in [2.75, 3.05) is 17.5 Å². The average Bonchev–Trinajstić information content (AvgIpc) is 2.92. The number of nitrogens with zero attached hydrogens (tertiary/aromatic N) is 2. The van der Waals surface area contributed by atoms with Gasteiger partial charge in [0, 0.05) is 17.1 Å². The Morgan fingerprint density at radius 3 is 2.07 bits per heavy atom. The first-order valence-electron chi connectivity index (χ1n) is 13.6. The van der Waals surface area contributed by atoms with Gasteiger partial charge in [0.05, 0.1) is 17.2 Å². The number of anilines is 1. The fraction of sp³-hybridized carbons (Fsp3) is 0.355. The molecule has 0 aromatic heterocycles. The molecule has 0 aliphatic heterocycles. The standard InChI is InChI=1S/C31H37ClFN3O5S/c1-6-28(30(38)34-31(3,4)5)35(20-22-8-10-23(32)11-9-22)29(37)21-36(25-14-12-24(33)13-15-25)42(39,40)27-18-16-26(17-19-27)41-7-2/h8-19,28H,6-7,20-21H2,1-5H3,(H,34,38)/t28-/m1/s1. The molecule has 11 heteroatoms. The van der Waals surface area contributed by atoms with Crippen LogP contribution in [0.2, 0.25) is 5.02 Å². The smallest absolute Gasteiger partial charge is 0.264 e. The van der Waals surface area contributed by atoms with E-state index in [9.17, 15) is 22.4 Å². The van der Waals surface area contributed by atoms with Gasteiger partial charge < -0.3 is 15.0 Å². The molecule has 0 saturated heterocycles. The number of carbonyl (C=O) groups excluding carboxylic acids is 2. The summed E-state index contributed by atoms with van der Waals surface area (Å²) >= 11 is 6.05. The van der Waals surface area contributed by atoms with Gasteiger partial charge in [0.25, 0.3) is 10.0 Å². The summed E-state index contributed by atoms with van der Waals surface area (Å²) in [6.07, 6.45) is 0.281. The highest BCUT2D eigenvalue weighted by Gasteiger charge is 2.34. The molecular weight excluding hydrogens is 581 g/mol. The topological polar surface area (TPSA) is 96.0 Å². The van der Waals surface area contributed by atoms with Gasteiger partial charge in [-0.2, -0.15) is 0 Å². The molecule has 3 rings (SSSR count). The second-order valence-electron chi connectivity index (χ2n) is 10.7. The van der Waals surface area contributed by atoms with Gasteiger partial charge in [-0.25, -0.2) is 12.8 Å². The van der Waals surface area contributed by atoms with Crippen LogP contribution >= 0.6 is 11.6 Å². The van der Waals surface area contributed by atoms with Crippen LogP contribution in [0.15, 0.2) is 77.7 Å². The van der Waals surface area contributed by atoms with Crippen molar-refractivity contribution in [1.82, 2.24) is 10.2 Å². The molecule has 3 aromatic carbocycles. The average molecular weight is 618 g/mol. The molecule has 42 heavy (non-hydrogen) atoms. The zero-order valence-electron chi connectivity index (χ0n) is 24.4. The molecule has 0 saturated carbocycles. The minimum atomic E-state index is -4.30. The number of benzene rings is 3. The zero-order valence-corrected chi connectivity index (χ0v) is 26.0. The Morgan fingerprint density at radius 2 is 1.55 bits per heavy atom. The van der Waals surface area contributed by atoms with E-state index in [0.29, 0.717) is 22.9 Å². The first-order valence-corrected chi connectivity index (χ1v) is 15.4. The summed E-state index contributed by atoms with van der Waals surface area (Å²) in [6.45, 7) is 8.92. The van der Waals surface area contributed by atoms with Gasteiger partial charge in [0.15, 0.2) is 0 Å². The van der Waals surface area contributed by atoms with E-state index in [-0.39, 0.29) is 29.5 Å². The largest absolute Gasteiger partial charge is 0.494 e. The maximum atomic E-state index is 14.1. The van der Waals surface area contributed by atoms with Gasteiger partial charge in [0.1, 0.15) is 24.2 Å². The maximum Gasteiger partial charge on any atom is 0.264 e. The Balaban J connectivity index is 2.05. The number of nitrogens with one attached hydrogen (secondary N) is 1. The van der Waals surface area contributed by atoms with Crippen molar-refractivity contribution < 1.29 is 27.1 Å². The molecule has 0 unspecified atom stereocenters. The highest BCUT2D eigenvalue weighted by atomic mass is 35.5. The van der Waals surface area contributed by atoms with Crippen LogP contribution in [0, 0.1) is 5.82 Å². The number of hydrogen-bond acceptors (Lipinski definition) is 5. The minimum Gasteiger partial charge on any atom is -0.494 e. The number of halogens is 2. The van der Waals surface area contributed by atoms with Crippen molar-refractivity contribution in [2.45, 2.75) is 64.1 Å². The number of ether oxygens (including phenoxy) is 1. The molecule has 0 aliphatic rings. The number of carbonyl (C=O) groups is 2. The molecule has 2 amide bonds. The maximum absolute atomic E-state index is 14.1. The van der Waals surface area contributed by atoms with Crippen LogP contribution in [-0.2, 0) is 26.2 Å². The Hall–Kier alpha value is -3.63. The first kappa shape index (κ1) is 32.9. The van der Waals surface area contributed by atoms with Crippen molar-refractivity contribution in [3.63, 3.8) is 0 Å². The second-order valence-corrected chi connectivity index (χ2v) is 13.0. The number of hydrogen-bond donors (Lipinski definition) is 1. The normalized spacial score (nSPS) is 12.4. The van der Waals surface area contributed by atoms with Gasteiger partial charge in [-0.05, 0) is 100 Å². The predicted molar refractivity (Wildman–Crippen MR) is 163 cm³/mol. The third kappa shape index (κ3) is 8.69. The van der Waals surface area contributed by atoms with E-state index in [0.717, 1.165) is 16.4 Å². The van der Waals surface area contributed by atoms with Crippen molar-refractivity contribution in [3.8, 4) is 5.75 Å². The third-order valence-electron chi connectivity index (χ3n) is 6.27. The molecule has 0 heterocycles. The molecular formula is C31H37ClFN3O5S. The Kier molecular flexibility index (Phi) is 11.0. The van der Waals surface area contributed by atoms with Gasteiger partial charge in [-0.15, -0.1) is 0 Å². The van der Waals surface area contributed by atoms with E-state index >= 15 is 0 Å². The molecule has 226 valence electrons. The van der Waals surface area contributed by atoms with Crippen LogP contribution in [0.25, 0.3) is 0 Å². The second kappa shape index (κ2) is 14.0. The zero-order chi connectivity index (χ0) is 31.1. The number of sulfonamides is 1. The number of amides is 2. The molecule has 0 radical (unpaired) electrons. The molecule has 0 spiro atoms. The lowest BCUT2D eigenvalue weighted by Crippen LogP contribution is -2.55. The quantitative estimate of drug-likeness (QED) is 0.277. The number of rotatable bonds is 12. The van der Waals surface area contributed by atoms with Gasteiger partial charge in [0.2, 0.25) is 11.8 Å². The lowest BCUT2D eigenvalue weighted by Gasteiger charge is -2.34. The van der Waals surface area contributed by atoms with Crippen molar-refractivity contribution in [2.24, 2.45) is 0 Å². The summed E-state index contributed by atoms with van der Waals surface area (Å²) in [4.78, 5) is 28.7. The van der Waals surface area contributed by atoms with Crippen LogP contribution < -0.4 is 14.4 Å². The summed E-state index contributed by atoms with van der Waals surface area (Å²) in [6, 6.07) is 16.6. The molecule has 0 fully saturated rings. The summed E-state index contributed by atoms with van der Waals surface area (Å²) in [5.41, 5.74) is 0.242. The monoisotopic (exact) mass is 617 g/mol. The molecule has 3 aromatic rings.